The average molecular weight is 251 g/mol. The van der Waals surface area contributed by atoms with Crippen molar-refractivity contribution in [2.75, 3.05) is 0 Å². The van der Waals surface area contributed by atoms with Gasteiger partial charge in [-0.05, 0) is 11.4 Å². The van der Waals surface area contributed by atoms with E-state index < -0.39 is 12.0 Å². The molecule has 3 N–H and O–H groups in total. The predicted octanol–water partition coefficient (Wildman–Crippen LogP) is 1.08. The number of hydrogen-bond donors (Lipinski definition) is 2. The highest BCUT2D eigenvalue weighted by atomic mass is 32.1. The largest absolute Gasteiger partial charge is 0.459 e. The number of nitrogens with two attached hydrogens (primary N) is 1. The molecule has 5 nitrogen and oxygen atoms in total. The number of hydrogen-bond acceptors (Lipinski definition) is 5. The third-order valence-electron chi connectivity index (χ3n) is 2.23. The molecule has 0 saturated heterocycles. The number of rotatable bonds is 5. The summed E-state index contributed by atoms with van der Waals surface area (Å²) in [4.78, 5) is 19.3. The normalized spacial score (nSPS) is 12.3. The first-order chi connectivity index (χ1) is 8.25. The molecule has 1 atom stereocenters. The third-order valence-corrected chi connectivity index (χ3v) is 3.08. The molecule has 1 unspecified atom stereocenters. The van der Waals surface area contributed by atoms with Gasteiger partial charge in [0.05, 0.1) is 6.33 Å². The van der Waals surface area contributed by atoms with E-state index >= 15 is 0 Å². The number of nitrogens with one attached hydrogen (secondary N) is 1. The van der Waals surface area contributed by atoms with Crippen LogP contribution in [0.1, 0.15) is 10.6 Å². The fraction of sp³-hybridized carbons (Fsp3) is 0.273. The predicted molar refractivity (Wildman–Crippen MR) is 64.4 cm³/mol. The Hall–Kier alpha value is -1.66. The zero-order chi connectivity index (χ0) is 12.1. The van der Waals surface area contributed by atoms with Crippen molar-refractivity contribution in [3.8, 4) is 0 Å². The first kappa shape index (κ1) is 11.8. The number of ether oxygens (including phenoxy) is 1. The summed E-state index contributed by atoms with van der Waals surface area (Å²) in [5.74, 6) is -0.395. The van der Waals surface area contributed by atoms with E-state index in [0.717, 1.165) is 10.6 Å². The second-order valence-corrected chi connectivity index (χ2v) is 4.61. The van der Waals surface area contributed by atoms with E-state index in [4.69, 9.17) is 10.5 Å². The van der Waals surface area contributed by atoms with Crippen molar-refractivity contribution in [1.82, 2.24) is 9.97 Å². The van der Waals surface area contributed by atoms with Gasteiger partial charge in [0, 0.05) is 23.2 Å². The van der Waals surface area contributed by atoms with Crippen LogP contribution in [0.3, 0.4) is 0 Å². The van der Waals surface area contributed by atoms with Crippen molar-refractivity contribution in [1.29, 1.82) is 0 Å². The lowest BCUT2D eigenvalue weighted by Gasteiger charge is -2.09. The van der Waals surface area contributed by atoms with Crippen LogP contribution < -0.4 is 5.73 Å². The maximum absolute atomic E-state index is 11.6. The first-order valence-electron chi connectivity index (χ1n) is 5.17. The molecule has 0 amide bonds. The minimum absolute atomic E-state index is 0.285. The number of esters is 1. The van der Waals surface area contributed by atoms with Gasteiger partial charge in [0.1, 0.15) is 12.6 Å². The van der Waals surface area contributed by atoms with Crippen LogP contribution in [-0.4, -0.2) is 22.0 Å². The molecule has 6 heteroatoms. The Balaban J connectivity index is 1.79. The first-order valence-corrected chi connectivity index (χ1v) is 6.05. The fourth-order valence-electron chi connectivity index (χ4n) is 1.36. The molecule has 17 heavy (non-hydrogen) atoms. The minimum atomic E-state index is -0.657. The summed E-state index contributed by atoms with van der Waals surface area (Å²) in [5.41, 5.74) is 6.55. The molecular weight excluding hydrogens is 238 g/mol. The quantitative estimate of drug-likeness (QED) is 0.779. The van der Waals surface area contributed by atoms with Gasteiger partial charge in [-0.3, -0.25) is 4.79 Å². The molecule has 2 aromatic rings. The fourth-order valence-corrected chi connectivity index (χ4v) is 1.98. The summed E-state index contributed by atoms with van der Waals surface area (Å²) >= 11 is 1.55. The molecule has 0 aliphatic heterocycles. The van der Waals surface area contributed by atoms with Crippen LogP contribution in [0, 0.1) is 0 Å². The van der Waals surface area contributed by atoms with E-state index in [1.165, 1.54) is 0 Å². The van der Waals surface area contributed by atoms with E-state index in [1.54, 1.807) is 23.9 Å². The van der Waals surface area contributed by atoms with Gasteiger partial charge < -0.3 is 15.5 Å². The lowest BCUT2D eigenvalue weighted by Crippen LogP contribution is -2.34. The molecule has 2 aromatic heterocycles. The molecule has 0 bridgehead atoms. The van der Waals surface area contributed by atoms with Gasteiger partial charge in [-0.15, -0.1) is 11.3 Å². The summed E-state index contributed by atoms with van der Waals surface area (Å²) < 4.78 is 5.11. The molecule has 0 aliphatic rings. The van der Waals surface area contributed by atoms with Gasteiger partial charge in [-0.1, -0.05) is 6.07 Å². The van der Waals surface area contributed by atoms with Gasteiger partial charge in [0.2, 0.25) is 0 Å². The Morgan fingerprint density at radius 2 is 2.53 bits per heavy atom. The highest BCUT2D eigenvalue weighted by Crippen LogP contribution is 2.10. The number of thiophene rings is 1. The van der Waals surface area contributed by atoms with E-state index in [1.807, 2.05) is 17.5 Å². The van der Waals surface area contributed by atoms with Crippen molar-refractivity contribution < 1.29 is 9.53 Å². The van der Waals surface area contributed by atoms with Crippen molar-refractivity contribution in [2.24, 2.45) is 5.73 Å². The number of carbonyl (C=O) groups excluding carboxylic acids is 1. The summed E-state index contributed by atoms with van der Waals surface area (Å²) in [6, 6.07) is 3.17. The van der Waals surface area contributed by atoms with Crippen LogP contribution in [0.5, 0.6) is 0 Å². The third kappa shape index (κ3) is 3.40. The Morgan fingerprint density at radius 3 is 3.18 bits per heavy atom. The van der Waals surface area contributed by atoms with Crippen LogP contribution >= 0.6 is 11.3 Å². The standard InChI is InChI=1S/C11H13N3O2S/c12-10(4-8-5-13-7-14-8)11(15)16-6-9-2-1-3-17-9/h1-3,5,7,10H,4,6,12H2,(H,13,14). The summed E-state index contributed by atoms with van der Waals surface area (Å²) in [6.07, 6.45) is 3.61. The Bertz CT molecular complexity index is 453. The Kier molecular flexibility index (Phi) is 3.89. The number of nitrogens with zero attached hydrogens (tertiary/aromatic N) is 1. The zero-order valence-electron chi connectivity index (χ0n) is 9.13. The molecule has 2 rings (SSSR count). The van der Waals surface area contributed by atoms with Crippen LogP contribution in [0.4, 0.5) is 0 Å². The minimum Gasteiger partial charge on any atom is -0.459 e. The van der Waals surface area contributed by atoms with Crippen molar-refractivity contribution in [2.45, 2.75) is 19.1 Å². The summed E-state index contributed by atoms with van der Waals surface area (Å²) in [5, 5.41) is 1.94. The SMILES string of the molecule is NC(Cc1cnc[nH]1)C(=O)OCc1cccs1. The number of H-pyrrole nitrogens is 1. The summed E-state index contributed by atoms with van der Waals surface area (Å²) in [7, 11) is 0. The maximum atomic E-state index is 11.6. The van der Waals surface area contributed by atoms with E-state index in [0.29, 0.717) is 6.42 Å². The second kappa shape index (κ2) is 5.60. The molecule has 90 valence electrons. The number of carbonyl (C=O) groups is 1. The second-order valence-electron chi connectivity index (χ2n) is 3.57. The van der Waals surface area contributed by atoms with E-state index in [2.05, 4.69) is 9.97 Å². The van der Waals surface area contributed by atoms with Crippen molar-refractivity contribution in [3.05, 3.63) is 40.6 Å². The average Bonchev–Trinajstić information content (AvgIpc) is 2.98. The zero-order valence-corrected chi connectivity index (χ0v) is 9.94. The lowest BCUT2D eigenvalue weighted by molar-refractivity contribution is -0.146. The van der Waals surface area contributed by atoms with Gasteiger partial charge >= 0.3 is 5.97 Å². The number of aromatic nitrogens is 2. The van der Waals surface area contributed by atoms with Gasteiger partial charge in [-0.2, -0.15) is 0 Å². The molecule has 0 radical (unpaired) electrons. The van der Waals surface area contributed by atoms with Gasteiger partial charge in [0.25, 0.3) is 0 Å². The molecule has 0 aliphatic carbocycles. The molecule has 0 aromatic carbocycles. The Labute approximate surface area is 103 Å². The van der Waals surface area contributed by atoms with Crippen LogP contribution in [-0.2, 0) is 22.6 Å². The highest BCUT2D eigenvalue weighted by Gasteiger charge is 2.16. The lowest BCUT2D eigenvalue weighted by atomic mass is 10.2. The summed E-state index contributed by atoms with van der Waals surface area (Å²) in [6.45, 7) is 0.285. The highest BCUT2D eigenvalue weighted by molar-refractivity contribution is 7.09. The van der Waals surface area contributed by atoms with Gasteiger partial charge in [0.15, 0.2) is 0 Å². The van der Waals surface area contributed by atoms with E-state index in [-0.39, 0.29) is 6.61 Å². The molecule has 0 fully saturated rings. The van der Waals surface area contributed by atoms with Crippen LogP contribution in [0.25, 0.3) is 0 Å². The molecule has 0 spiro atoms. The van der Waals surface area contributed by atoms with E-state index in [9.17, 15) is 4.79 Å². The smallest absolute Gasteiger partial charge is 0.323 e. The van der Waals surface area contributed by atoms with Gasteiger partial charge in [-0.25, -0.2) is 4.98 Å². The Morgan fingerprint density at radius 1 is 1.65 bits per heavy atom. The van der Waals surface area contributed by atoms with Crippen molar-refractivity contribution >= 4 is 17.3 Å². The van der Waals surface area contributed by atoms with Crippen LogP contribution in [0.2, 0.25) is 0 Å². The molecule has 2 heterocycles. The molecule has 0 saturated carbocycles. The van der Waals surface area contributed by atoms with Crippen molar-refractivity contribution in [3.63, 3.8) is 0 Å². The topological polar surface area (TPSA) is 81.0 Å². The monoisotopic (exact) mass is 251 g/mol. The molecular formula is C11H13N3O2S. The number of aromatic amines is 1. The van der Waals surface area contributed by atoms with Crippen LogP contribution in [0.15, 0.2) is 30.0 Å². The maximum Gasteiger partial charge on any atom is 0.323 e. The number of imidazole rings is 1.